The molecule has 4 heteroatoms. The molecule has 5 aliphatic rings. The SMILES string of the molecule is C1=CC(=c2ccc(=CNC34CC5CC(CC(C5)C3)C4)[nH]2)N=C1.Cl. The molecule has 2 heterocycles. The van der Waals surface area contributed by atoms with Crippen LogP contribution < -0.4 is 16.0 Å². The minimum Gasteiger partial charge on any atom is -0.384 e. The third kappa shape index (κ3) is 2.65. The zero-order chi connectivity index (χ0) is 14.6. The summed E-state index contributed by atoms with van der Waals surface area (Å²) in [5.41, 5.74) is 1.41. The highest BCUT2D eigenvalue weighted by Crippen LogP contribution is 2.55. The number of nitrogens with one attached hydrogen (secondary N) is 2. The van der Waals surface area contributed by atoms with Crippen LogP contribution in [0.5, 0.6) is 0 Å². The summed E-state index contributed by atoms with van der Waals surface area (Å²) in [5.74, 6) is 2.96. The maximum absolute atomic E-state index is 4.35. The van der Waals surface area contributed by atoms with E-state index in [1.165, 1.54) is 38.5 Å². The molecule has 122 valence electrons. The summed E-state index contributed by atoms with van der Waals surface area (Å²) in [7, 11) is 0. The van der Waals surface area contributed by atoms with Crippen LogP contribution in [0.1, 0.15) is 38.5 Å². The molecule has 0 spiro atoms. The first-order chi connectivity index (χ1) is 10.8. The van der Waals surface area contributed by atoms with Crippen molar-refractivity contribution in [3.8, 4) is 0 Å². The molecule has 4 fully saturated rings. The van der Waals surface area contributed by atoms with Gasteiger partial charge in [0.2, 0.25) is 0 Å². The van der Waals surface area contributed by atoms with E-state index < -0.39 is 0 Å². The summed E-state index contributed by atoms with van der Waals surface area (Å²) in [5, 5.41) is 6.09. The minimum atomic E-state index is 0. The summed E-state index contributed by atoms with van der Waals surface area (Å²) >= 11 is 0. The topological polar surface area (TPSA) is 40.2 Å². The van der Waals surface area contributed by atoms with Crippen LogP contribution in [-0.2, 0) is 0 Å². The molecule has 0 saturated heterocycles. The van der Waals surface area contributed by atoms with E-state index in [0.29, 0.717) is 5.54 Å². The fourth-order valence-corrected chi connectivity index (χ4v) is 5.62. The molecule has 6 rings (SSSR count). The molecule has 4 bridgehead atoms. The number of rotatable bonds is 2. The second kappa shape index (κ2) is 5.55. The highest BCUT2D eigenvalue weighted by Gasteiger charge is 2.50. The van der Waals surface area contributed by atoms with Crippen LogP contribution in [0.25, 0.3) is 11.9 Å². The van der Waals surface area contributed by atoms with E-state index in [-0.39, 0.29) is 12.4 Å². The van der Waals surface area contributed by atoms with Crippen molar-refractivity contribution in [3.63, 3.8) is 0 Å². The van der Waals surface area contributed by atoms with Gasteiger partial charge in [-0.25, -0.2) is 0 Å². The Hall–Kier alpha value is -1.48. The van der Waals surface area contributed by atoms with Gasteiger partial charge in [0.25, 0.3) is 0 Å². The summed E-state index contributed by atoms with van der Waals surface area (Å²) in [6, 6.07) is 4.27. The molecule has 1 aliphatic heterocycles. The number of aromatic nitrogens is 1. The lowest BCUT2D eigenvalue weighted by Gasteiger charge is -2.56. The first kappa shape index (κ1) is 15.1. The lowest BCUT2D eigenvalue weighted by Crippen LogP contribution is -2.57. The van der Waals surface area contributed by atoms with Crippen LogP contribution in [0.15, 0.2) is 29.3 Å². The molecule has 3 nitrogen and oxygen atoms in total. The van der Waals surface area contributed by atoms with E-state index >= 15 is 0 Å². The lowest BCUT2D eigenvalue weighted by molar-refractivity contribution is -0.0107. The van der Waals surface area contributed by atoms with Crippen molar-refractivity contribution in [1.82, 2.24) is 10.3 Å². The molecular weight excluding hydrogens is 306 g/mol. The van der Waals surface area contributed by atoms with E-state index in [2.05, 4.69) is 33.6 Å². The first-order valence-corrected chi connectivity index (χ1v) is 8.66. The second-order valence-corrected chi connectivity index (χ2v) is 7.84. The normalized spacial score (nSPS) is 39.8. The molecule has 1 aromatic rings. The highest BCUT2D eigenvalue weighted by molar-refractivity contribution is 5.85. The molecule has 4 aliphatic carbocycles. The Morgan fingerprint density at radius 1 is 1.09 bits per heavy atom. The van der Waals surface area contributed by atoms with Crippen molar-refractivity contribution in [2.75, 3.05) is 0 Å². The van der Waals surface area contributed by atoms with E-state index in [4.69, 9.17) is 0 Å². The van der Waals surface area contributed by atoms with Gasteiger partial charge in [-0.3, -0.25) is 4.99 Å². The average Bonchev–Trinajstić information content (AvgIpc) is 3.15. The molecule has 0 atom stereocenters. The van der Waals surface area contributed by atoms with Gasteiger partial charge < -0.3 is 10.3 Å². The smallest absolute Gasteiger partial charge is 0.0864 e. The monoisotopic (exact) mass is 329 g/mol. The predicted molar refractivity (Wildman–Crippen MR) is 96.8 cm³/mol. The van der Waals surface area contributed by atoms with Gasteiger partial charge in [-0.2, -0.15) is 0 Å². The maximum Gasteiger partial charge on any atom is 0.0864 e. The largest absolute Gasteiger partial charge is 0.384 e. The van der Waals surface area contributed by atoms with Gasteiger partial charge >= 0.3 is 0 Å². The number of nitrogens with zero attached hydrogens (tertiary/aromatic N) is 1. The Bertz CT molecular complexity index is 721. The van der Waals surface area contributed by atoms with E-state index in [1.807, 2.05) is 18.4 Å². The van der Waals surface area contributed by atoms with Gasteiger partial charge in [0, 0.05) is 18.0 Å². The van der Waals surface area contributed by atoms with Gasteiger partial charge in [-0.05, 0) is 80.6 Å². The summed E-state index contributed by atoms with van der Waals surface area (Å²) in [6.45, 7) is 0. The van der Waals surface area contributed by atoms with Crippen molar-refractivity contribution >= 4 is 30.5 Å². The third-order valence-electron chi connectivity index (χ3n) is 6.11. The van der Waals surface area contributed by atoms with Gasteiger partial charge in [0.05, 0.1) is 16.4 Å². The van der Waals surface area contributed by atoms with Gasteiger partial charge in [-0.15, -0.1) is 12.4 Å². The van der Waals surface area contributed by atoms with Gasteiger partial charge in [0.1, 0.15) is 0 Å². The number of hydrogen-bond acceptors (Lipinski definition) is 2. The third-order valence-corrected chi connectivity index (χ3v) is 6.11. The lowest BCUT2D eigenvalue weighted by atomic mass is 9.53. The van der Waals surface area contributed by atoms with Gasteiger partial charge in [0.15, 0.2) is 0 Å². The quantitative estimate of drug-likeness (QED) is 0.860. The molecule has 0 radical (unpaired) electrons. The van der Waals surface area contributed by atoms with E-state index in [0.717, 1.165) is 34.1 Å². The van der Waals surface area contributed by atoms with Crippen LogP contribution in [0.4, 0.5) is 0 Å². The van der Waals surface area contributed by atoms with E-state index in [9.17, 15) is 0 Å². The van der Waals surface area contributed by atoms with Crippen LogP contribution in [0.3, 0.4) is 0 Å². The van der Waals surface area contributed by atoms with Crippen molar-refractivity contribution in [2.45, 2.75) is 44.1 Å². The Morgan fingerprint density at radius 2 is 1.78 bits per heavy atom. The zero-order valence-electron chi connectivity index (χ0n) is 13.3. The molecule has 2 N–H and O–H groups in total. The zero-order valence-corrected chi connectivity index (χ0v) is 14.1. The fraction of sp³-hybridized carbons (Fsp3) is 0.526. The van der Waals surface area contributed by atoms with Crippen LogP contribution >= 0.6 is 12.4 Å². The Kier molecular flexibility index (Phi) is 3.64. The van der Waals surface area contributed by atoms with E-state index in [1.54, 1.807) is 0 Å². The molecule has 1 aromatic heterocycles. The number of H-pyrrole nitrogens is 1. The van der Waals surface area contributed by atoms with Crippen LogP contribution in [0.2, 0.25) is 0 Å². The molecule has 0 amide bonds. The van der Waals surface area contributed by atoms with Crippen LogP contribution in [0, 0.1) is 17.8 Å². The van der Waals surface area contributed by atoms with Crippen molar-refractivity contribution in [3.05, 3.63) is 35.0 Å². The Morgan fingerprint density at radius 3 is 2.39 bits per heavy atom. The standard InChI is InChI=1S/C19H23N3.ClH/c1-2-17(20-5-1)18-4-3-16(22-18)12-21-19-9-13-6-14(10-19)8-15(7-13)11-19;/h1-5,12-15,21-22H,6-11H2;1H. The predicted octanol–water partition coefficient (Wildman–Crippen LogP) is 2.48. The molecule has 0 aromatic carbocycles. The molecular formula is C19H24ClN3. The van der Waals surface area contributed by atoms with Crippen LogP contribution in [-0.4, -0.2) is 16.7 Å². The number of hydrogen-bond donors (Lipinski definition) is 2. The summed E-state index contributed by atoms with van der Waals surface area (Å²) < 4.78 is 0. The average molecular weight is 330 g/mol. The molecule has 23 heavy (non-hydrogen) atoms. The number of aliphatic imine (C=N–C) groups is 1. The van der Waals surface area contributed by atoms with Gasteiger partial charge in [-0.1, -0.05) is 0 Å². The Labute approximate surface area is 143 Å². The summed E-state index contributed by atoms with van der Waals surface area (Å²) in [4.78, 5) is 7.82. The fourth-order valence-electron chi connectivity index (χ4n) is 5.62. The van der Waals surface area contributed by atoms with Crippen molar-refractivity contribution in [2.24, 2.45) is 22.7 Å². The minimum absolute atomic E-state index is 0. The molecule has 0 unspecified atom stereocenters. The summed E-state index contributed by atoms with van der Waals surface area (Å²) in [6.07, 6.45) is 16.7. The maximum atomic E-state index is 4.35. The van der Waals surface area contributed by atoms with Crippen molar-refractivity contribution < 1.29 is 0 Å². The number of halogens is 1. The number of aromatic amines is 1. The second-order valence-electron chi connectivity index (χ2n) is 7.84. The Balaban J connectivity index is 0.00000135. The molecule has 4 saturated carbocycles. The first-order valence-electron chi connectivity index (χ1n) is 8.66. The highest BCUT2D eigenvalue weighted by atomic mass is 35.5. The number of allylic oxidation sites excluding steroid dienone is 1. The van der Waals surface area contributed by atoms with Crippen molar-refractivity contribution in [1.29, 1.82) is 0 Å².